The summed E-state index contributed by atoms with van der Waals surface area (Å²) in [6.45, 7) is 1.96. The van der Waals surface area contributed by atoms with Gasteiger partial charge in [0.25, 0.3) is 0 Å². The summed E-state index contributed by atoms with van der Waals surface area (Å²) in [5.74, 6) is 0.728. The molecule has 6 nitrogen and oxygen atoms in total. The largest absolute Gasteiger partial charge is 0.507 e. The van der Waals surface area contributed by atoms with Gasteiger partial charge in [0.15, 0.2) is 0 Å². The molecule has 1 unspecified atom stereocenters. The van der Waals surface area contributed by atoms with E-state index in [9.17, 15) is 18.3 Å². The van der Waals surface area contributed by atoms with Gasteiger partial charge in [0.05, 0.1) is 11.3 Å². The SMILES string of the molecule is CCCCS(=O)(=O)Nc1cccc(C(c2c(O)c3c(oc2=O)CCCCCC3)C2CC2)c1. The molecule has 0 amide bonds. The van der Waals surface area contributed by atoms with Gasteiger partial charge in [-0.3, -0.25) is 4.72 Å². The van der Waals surface area contributed by atoms with Crippen LogP contribution in [0.4, 0.5) is 5.69 Å². The molecule has 2 aliphatic rings. The number of unbranched alkanes of at least 4 members (excludes halogenated alkanes) is 1. The highest BCUT2D eigenvalue weighted by Crippen LogP contribution is 2.49. The number of anilines is 1. The summed E-state index contributed by atoms with van der Waals surface area (Å²) in [4.78, 5) is 13.1. The quantitative estimate of drug-likeness (QED) is 0.573. The lowest BCUT2D eigenvalue weighted by Crippen LogP contribution is -2.20. The molecular formula is C25H33NO5S. The molecule has 0 radical (unpaired) electrons. The molecule has 1 heterocycles. The maximum absolute atomic E-state index is 13.1. The highest BCUT2D eigenvalue weighted by Gasteiger charge is 2.38. The molecular weight excluding hydrogens is 426 g/mol. The van der Waals surface area contributed by atoms with Crippen molar-refractivity contribution in [3.05, 3.63) is 57.1 Å². The molecule has 2 aromatic rings. The van der Waals surface area contributed by atoms with Crippen molar-refractivity contribution in [1.82, 2.24) is 0 Å². The lowest BCUT2D eigenvalue weighted by molar-refractivity contribution is 0.382. The van der Waals surface area contributed by atoms with E-state index >= 15 is 0 Å². The fourth-order valence-electron chi connectivity index (χ4n) is 4.76. The van der Waals surface area contributed by atoms with E-state index in [2.05, 4.69) is 4.72 Å². The predicted molar refractivity (Wildman–Crippen MR) is 126 cm³/mol. The summed E-state index contributed by atoms with van der Waals surface area (Å²) in [5.41, 5.74) is 1.96. The maximum Gasteiger partial charge on any atom is 0.343 e. The second kappa shape index (κ2) is 9.69. The third-order valence-corrected chi connectivity index (χ3v) is 7.96. The highest BCUT2D eigenvalue weighted by atomic mass is 32.2. The van der Waals surface area contributed by atoms with Crippen molar-refractivity contribution in [2.24, 2.45) is 5.92 Å². The van der Waals surface area contributed by atoms with Crippen LogP contribution in [0.5, 0.6) is 5.75 Å². The van der Waals surface area contributed by atoms with E-state index in [0.29, 0.717) is 36.3 Å². The summed E-state index contributed by atoms with van der Waals surface area (Å²) < 4.78 is 33.2. The van der Waals surface area contributed by atoms with Crippen LogP contribution in [0, 0.1) is 5.92 Å². The lowest BCUT2D eigenvalue weighted by Gasteiger charge is -2.22. The fraction of sp³-hybridized carbons (Fsp3) is 0.560. The molecule has 2 N–H and O–H groups in total. The Morgan fingerprint density at radius 3 is 2.62 bits per heavy atom. The van der Waals surface area contributed by atoms with Crippen molar-refractivity contribution in [3.63, 3.8) is 0 Å². The van der Waals surface area contributed by atoms with Crippen LogP contribution < -0.4 is 10.3 Å². The number of rotatable bonds is 8. The number of hydrogen-bond acceptors (Lipinski definition) is 5. The molecule has 2 aliphatic carbocycles. The van der Waals surface area contributed by atoms with Crippen LogP contribution in [0.2, 0.25) is 0 Å². The number of fused-ring (bicyclic) bond motifs is 1. The van der Waals surface area contributed by atoms with Gasteiger partial charge in [-0.05, 0) is 62.1 Å². The van der Waals surface area contributed by atoms with Crippen LogP contribution in [0.1, 0.15) is 86.7 Å². The normalized spacial score (nSPS) is 17.8. The van der Waals surface area contributed by atoms with Gasteiger partial charge in [0.2, 0.25) is 10.0 Å². The minimum absolute atomic E-state index is 0.0784. The van der Waals surface area contributed by atoms with Crippen molar-refractivity contribution in [3.8, 4) is 5.75 Å². The number of nitrogens with one attached hydrogen (secondary N) is 1. The van der Waals surface area contributed by atoms with E-state index in [-0.39, 0.29) is 23.3 Å². The van der Waals surface area contributed by atoms with Gasteiger partial charge in [-0.2, -0.15) is 0 Å². The molecule has 32 heavy (non-hydrogen) atoms. The molecule has 0 bridgehead atoms. The van der Waals surface area contributed by atoms with E-state index in [1.54, 1.807) is 18.2 Å². The average Bonchev–Trinajstić information content (AvgIpc) is 3.56. The van der Waals surface area contributed by atoms with Gasteiger partial charge in [0.1, 0.15) is 11.5 Å². The average molecular weight is 460 g/mol. The van der Waals surface area contributed by atoms with Crippen LogP contribution in [-0.2, 0) is 22.9 Å². The molecule has 0 spiro atoms. The maximum atomic E-state index is 13.1. The Kier molecular flexibility index (Phi) is 6.93. The van der Waals surface area contributed by atoms with Crippen molar-refractivity contribution in [2.75, 3.05) is 10.5 Å². The first-order chi connectivity index (χ1) is 15.4. The van der Waals surface area contributed by atoms with Gasteiger partial charge in [-0.15, -0.1) is 0 Å². The van der Waals surface area contributed by atoms with Crippen molar-refractivity contribution in [1.29, 1.82) is 0 Å². The third-order valence-electron chi connectivity index (χ3n) is 6.58. The van der Waals surface area contributed by atoms with E-state index in [0.717, 1.165) is 56.1 Å². The first kappa shape index (κ1) is 22.9. The van der Waals surface area contributed by atoms with E-state index in [1.807, 2.05) is 13.0 Å². The minimum Gasteiger partial charge on any atom is -0.507 e. The van der Waals surface area contributed by atoms with Crippen LogP contribution in [-0.4, -0.2) is 19.3 Å². The molecule has 4 rings (SSSR count). The molecule has 1 saturated carbocycles. The second-order valence-electron chi connectivity index (χ2n) is 9.18. The molecule has 0 saturated heterocycles. The first-order valence-corrected chi connectivity index (χ1v) is 13.5. The smallest absolute Gasteiger partial charge is 0.343 e. The zero-order chi connectivity index (χ0) is 22.7. The number of aryl methyl sites for hydroxylation is 1. The zero-order valence-corrected chi connectivity index (χ0v) is 19.5. The molecule has 1 fully saturated rings. The summed E-state index contributed by atoms with van der Waals surface area (Å²) in [5, 5.41) is 11.2. The molecule has 1 aromatic carbocycles. The van der Waals surface area contributed by atoms with Crippen molar-refractivity contribution in [2.45, 2.75) is 77.0 Å². The van der Waals surface area contributed by atoms with Crippen LogP contribution >= 0.6 is 0 Å². The van der Waals surface area contributed by atoms with Gasteiger partial charge in [-0.25, -0.2) is 13.2 Å². The summed E-state index contributed by atoms with van der Waals surface area (Å²) >= 11 is 0. The standard InChI is InChI=1S/C25H33NO5S/c1-2-3-15-32(29,30)26-19-10-8-9-18(16-19)22(17-13-14-17)23-24(27)20-11-6-4-5-7-12-21(20)31-25(23)28/h8-10,16-17,22,26-27H,2-7,11-15H2,1H3. The number of aromatic hydroxyl groups is 1. The predicted octanol–water partition coefficient (Wildman–Crippen LogP) is 5.09. The number of sulfonamides is 1. The van der Waals surface area contributed by atoms with Crippen LogP contribution in [0.15, 0.2) is 33.5 Å². The number of hydrogen-bond donors (Lipinski definition) is 2. The Hall–Kier alpha value is -2.28. The van der Waals surface area contributed by atoms with Crippen LogP contribution in [0.3, 0.4) is 0 Å². The second-order valence-corrected chi connectivity index (χ2v) is 11.0. The zero-order valence-electron chi connectivity index (χ0n) is 18.7. The fourth-order valence-corrected chi connectivity index (χ4v) is 6.02. The van der Waals surface area contributed by atoms with Gasteiger partial charge in [0, 0.05) is 23.6 Å². The summed E-state index contributed by atoms with van der Waals surface area (Å²) in [6, 6.07) is 7.22. The van der Waals surface area contributed by atoms with E-state index < -0.39 is 15.6 Å². The Morgan fingerprint density at radius 2 is 1.91 bits per heavy atom. The molecule has 1 aromatic heterocycles. The first-order valence-electron chi connectivity index (χ1n) is 11.9. The number of benzene rings is 1. The van der Waals surface area contributed by atoms with Gasteiger partial charge < -0.3 is 9.52 Å². The molecule has 7 heteroatoms. The van der Waals surface area contributed by atoms with E-state index in [4.69, 9.17) is 4.42 Å². The Morgan fingerprint density at radius 1 is 1.16 bits per heavy atom. The molecule has 0 aliphatic heterocycles. The Labute approximate surface area is 190 Å². The van der Waals surface area contributed by atoms with Crippen molar-refractivity contribution >= 4 is 15.7 Å². The van der Waals surface area contributed by atoms with Crippen LogP contribution in [0.25, 0.3) is 0 Å². The third kappa shape index (κ3) is 5.20. The minimum atomic E-state index is -3.42. The molecule has 174 valence electrons. The van der Waals surface area contributed by atoms with Gasteiger partial charge >= 0.3 is 5.63 Å². The Balaban J connectivity index is 1.71. The Bertz CT molecular complexity index is 1120. The molecule has 1 atom stereocenters. The monoisotopic (exact) mass is 459 g/mol. The summed E-state index contributed by atoms with van der Waals surface area (Å²) in [6.07, 6.45) is 8.88. The topological polar surface area (TPSA) is 96.6 Å². The lowest BCUT2D eigenvalue weighted by atomic mass is 9.85. The van der Waals surface area contributed by atoms with E-state index in [1.165, 1.54) is 0 Å². The highest BCUT2D eigenvalue weighted by molar-refractivity contribution is 7.92. The summed E-state index contributed by atoms with van der Waals surface area (Å²) in [7, 11) is -3.42. The van der Waals surface area contributed by atoms with Gasteiger partial charge in [-0.1, -0.05) is 38.3 Å². The van der Waals surface area contributed by atoms with Crippen molar-refractivity contribution < 1.29 is 17.9 Å².